The minimum absolute atomic E-state index is 0.317. The normalized spacial score (nSPS) is 12.2. The molecule has 1 aliphatic heterocycles. The van der Waals surface area contributed by atoms with Crippen LogP contribution in [0.3, 0.4) is 0 Å². The predicted molar refractivity (Wildman–Crippen MR) is 165 cm³/mol. The fraction of sp³-hybridized carbons (Fsp3) is 0.0588. The van der Waals surface area contributed by atoms with Gasteiger partial charge in [-0.2, -0.15) is 0 Å². The third-order valence-corrected chi connectivity index (χ3v) is 9.00. The van der Waals surface area contributed by atoms with Gasteiger partial charge in [-0.05, 0) is 66.9 Å². The van der Waals surface area contributed by atoms with Crippen molar-refractivity contribution in [1.82, 2.24) is 4.98 Å². The summed E-state index contributed by atoms with van der Waals surface area (Å²) < 4.78 is 5.18. The number of anilines is 3. The lowest BCUT2D eigenvalue weighted by atomic mass is 10.0. The van der Waals surface area contributed by atoms with Crippen molar-refractivity contribution in [2.24, 2.45) is 0 Å². The number of aromatic nitrogens is 1. The second-order valence-corrected chi connectivity index (χ2v) is 11.4. The van der Waals surface area contributed by atoms with Gasteiger partial charge in [-0.25, -0.2) is 9.78 Å². The highest BCUT2D eigenvalue weighted by Crippen LogP contribution is 2.52. The second-order valence-electron chi connectivity index (χ2n) is 9.38. The maximum Gasteiger partial charge on any atom is 0.338 e. The molecule has 3 heterocycles. The number of para-hydroxylation sites is 3. The van der Waals surface area contributed by atoms with Gasteiger partial charge in [0.2, 0.25) is 0 Å². The number of carbonyl (C=O) groups excluding carboxylic acids is 1. The summed E-state index contributed by atoms with van der Waals surface area (Å²) in [5.74, 6) is -0.317. The maximum atomic E-state index is 12.3. The van der Waals surface area contributed by atoms with Crippen molar-refractivity contribution in [3.05, 3.63) is 120 Å². The van der Waals surface area contributed by atoms with Gasteiger partial charge in [0, 0.05) is 31.2 Å². The highest BCUT2D eigenvalue weighted by molar-refractivity contribution is 7.99. The first-order valence-electron chi connectivity index (χ1n) is 13.1. The number of hydrogen-bond acceptors (Lipinski definition) is 6. The molecule has 1 aliphatic rings. The van der Waals surface area contributed by atoms with E-state index >= 15 is 0 Å². The topological polar surface area (TPSA) is 42.4 Å². The van der Waals surface area contributed by atoms with Gasteiger partial charge >= 0.3 is 5.97 Å². The molecule has 0 N–H and O–H groups in total. The lowest BCUT2D eigenvalue weighted by Crippen LogP contribution is -2.15. The zero-order chi connectivity index (χ0) is 27.1. The lowest BCUT2D eigenvalue weighted by molar-refractivity contribution is 0.0526. The summed E-state index contributed by atoms with van der Waals surface area (Å²) in [6, 6.07) is 37.4. The minimum atomic E-state index is -0.317. The molecule has 4 aromatic carbocycles. The van der Waals surface area contributed by atoms with Crippen molar-refractivity contribution in [1.29, 1.82) is 0 Å². The van der Waals surface area contributed by atoms with Crippen LogP contribution in [0.15, 0.2) is 124 Å². The molecule has 0 amide bonds. The van der Waals surface area contributed by atoms with Gasteiger partial charge in [0.15, 0.2) is 0 Å². The highest BCUT2D eigenvalue weighted by atomic mass is 32.2. The van der Waals surface area contributed by atoms with Gasteiger partial charge in [0.25, 0.3) is 0 Å². The van der Waals surface area contributed by atoms with Crippen LogP contribution < -0.4 is 4.90 Å². The number of fused-ring (bicyclic) bond motifs is 3. The average molecular weight is 557 g/mol. The fourth-order valence-corrected chi connectivity index (χ4v) is 6.97. The van der Waals surface area contributed by atoms with Gasteiger partial charge < -0.3 is 9.64 Å². The van der Waals surface area contributed by atoms with E-state index in [1.54, 1.807) is 23.1 Å². The Morgan fingerprint density at radius 3 is 2.17 bits per heavy atom. The molecule has 0 saturated heterocycles. The quantitative estimate of drug-likeness (QED) is 0.197. The van der Waals surface area contributed by atoms with Crippen molar-refractivity contribution >= 4 is 57.0 Å². The Morgan fingerprint density at radius 2 is 1.50 bits per heavy atom. The van der Waals surface area contributed by atoms with Crippen LogP contribution in [-0.4, -0.2) is 17.6 Å². The standard InChI is InChI=1S/C34H24N2O2S2/c1-2-38-34(37)23-18-16-22(17-19-23)26-21-25(30-15-8-20-39-30)24-9-7-12-29(33(24)35-26)36-27-10-3-5-13-31(27)40-32-14-6-4-11-28(32)36/h3-21H,2H2,1H3. The molecule has 194 valence electrons. The number of ether oxygens (including phenoxy) is 1. The van der Waals surface area contributed by atoms with E-state index in [0.717, 1.165) is 44.8 Å². The summed E-state index contributed by atoms with van der Waals surface area (Å²) in [4.78, 5) is 23.5. The molecular weight excluding hydrogens is 533 g/mol. The Bertz CT molecular complexity index is 1820. The number of esters is 1. The number of benzene rings is 4. The van der Waals surface area contributed by atoms with E-state index in [2.05, 4.69) is 95.2 Å². The summed E-state index contributed by atoms with van der Waals surface area (Å²) in [5.41, 5.74) is 7.70. The van der Waals surface area contributed by atoms with E-state index in [9.17, 15) is 4.79 Å². The van der Waals surface area contributed by atoms with Crippen LogP contribution in [-0.2, 0) is 4.74 Å². The molecule has 0 bridgehead atoms. The van der Waals surface area contributed by atoms with E-state index < -0.39 is 0 Å². The van der Waals surface area contributed by atoms with Crippen LogP contribution in [0.2, 0.25) is 0 Å². The molecule has 0 aliphatic carbocycles. The summed E-state index contributed by atoms with van der Waals surface area (Å²) in [5, 5.41) is 3.20. The second kappa shape index (κ2) is 10.3. The van der Waals surface area contributed by atoms with E-state index in [4.69, 9.17) is 9.72 Å². The van der Waals surface area contributed by atoms with Crippen LogP contribution in [0.5, 0.6) is 0 Å². The highest BCUT2D eigenvalue weighted by Gasteiger charge is 2.26. The zero-order valence-corrected chi connectivity index (χ0v) is 23.3. The molecule has 0 saturated carbocycles. The van der Waals surface area contributed by atoms with E-state index in [0.29, 0.717) is 12.2 Å². The predicted octanol–water partition coefficient (Wildman–Crippen LogP) is 9.74. The van der Waals surface area contributed by atoms with E-state index in [1.165, 1.54) is 14.7 Å². The van der Waals surface area contributed by atoms with E-state index in [-0.39, 0.29) is 5.97 Å². The minimum Gasteiger partial charge on any atom is -0.462 e. The number of rotatable bonds is 5. The van der Waals surface area contributed by atoms with E-state index in [1.807, 2.05) is 31.2 Å². The number of hydrogen-bond donors (Lipinski definition) is 0. The Morgan fingerprint density at radius 1 is 0.800 bits per heavy atom. The van der Waals surface area contributed by atoms with Crippen molar-refractivity contribution in [3.8, 4) is 21.7 Å². The van der Waals surface area contributed by atoms with Crippen molar-refractivity contribution < 1.29 is 9.53 Å². The molecule has 6 heteroatoms. The number of carbonyl (C=O) groups is 1. The van der Waals surface area contributed by atoms with Crippen LogP contribution in [0, 0.1) is 0 Å². The molecule has 40 heavy (non-hydrogen) atoms. The third kappa shape index (κ3) is 4.26. The smallest absolute Gasteiger partial charge is 0.338 e. The summed E-state index contributed by atoms with van der Waals surface area (Å²) in [7, 11) is 0. The number of nitrogens with zero attached hydrogens (tertiary/aromatic N) is 2. The molecule has 0 atom stereocenters. The maximum absolute atomic E-state index is 12.3. The summed E-state index contributed by atoms with van der Waals surface area (Å²) >= 11 is 3.52. The lowest BCUT2D eigenvalue weighted by Gasteiger charge is -2.33. The SMILES string of the molecule is CCOC(=O)c1ccc(-c2cc(-c3cccs3)c3cccc(N4c5ccccc5Sc5ccccc54)c3n2)cc1. The molecular formula is C34H24N2O2S2. The molecule has 0 spiro atoms. The van der Waals surface area contributed by atoms with Gasteiger partial charge in [0.1, 0.15) is 0 Å². The molecule has 0 radical (unpaired) electrons. The molecule has 0 fully saturated rings. The monoisotopic (exact) mass is 556 g/mol. The first-order chi connectivity index (χ1) is 19.7. The molecule has 4 nitrogen and oxygen atoms in total. The Hall–Kier alpha value is -4.39. The van der Waals surface area contributed by atoms with Crippen LogP contribution in [0.25, 0.3) is 32.6 Å². The van der Waals surface area contributed by atoms with Crippen LogP contribution >= 0.6 is 23.1 Å². The zero-order valence-electron chi connectivity index (χ0n) is 21.7. The van der Waals surface area contributed by atoms with Gasteiger partial charge in [-0.1, -0.05) is 66.4 Å². The van der Waals surface area contributed by atoms with Gasteiger partial charge in [-0.15, -0.1) is 11.3 Å². The van der Waals surface area contributed by atoms with Crippen molar-refractivity contribution in [3.63, 3.8) is 0 Å². The number of pyridine rings is 1. The Kier molecular flexibility index (Phi) is 6.34. The molecule has 0 unspecified atom stereocenters. The average Bonchev–Trinajstić information content (AvgIpc) is 3.54. The van der Waals surface area contributed by atoms with Crippen molar-refractivity contribution in [2.45, 2.75) is 16.7 Å². The van der Waals surface area contributed by atoms with Gasteiger partial charge in [0.05, 0.1) is 40.4 Å². The Labute approximate surface area is 240 Å². The van der Waals surface area contributed by atoms with Gasteiger partial charge in [-0.3, -0.25) is 0 Å². The summed E-state index contributed by atoms with van der Waals surface area (Å²) in [6.07, 6.45) is 0. The summed E-state index contributed by atoms with van der Waals surface area (Å²) in [6.45, 7) is 2.16. The molecule has 2 aromatic heterocycles. The molecule has 6 aromatic rings. The van der Waals surface area contributed by atoms with Crippen LogP contribution in [0.4, 0.5) is 17.1 Å². The van der Waals surface area contributed by atoms with Crippen molar-refractivity contribution in [2.75, 3.05) is 11.5 Å². The largest absolute Gasteiger partial charge is 0.462 e. The third-order valence-electron chi connectivity index (χ3n) is 6.97. The Balaban J connectivity index is 1.47. The van der Waals surface area contributed by atoms with Crippen LogP contribution in [0.1, 0.15) is 17.3 Å². The first kappa shape index (κ1) is 24.6. The fourth-order valence-electron chi connectivity index (χ4n) is 5.15. The number of thiophene rings is 1. The first-order valence-corrected chi connectivity index (χ1v) is 14.8. The molecule has 7 rings (SSSR count).